The second-order valence-electron chi connectivity index (χ2n) is 5.63. The van der Waals surface area contributed by atoms with Crippen molar-refractivity contribution in [3.05, 3.63) is 0 Å². The van der Waals surface area contributed by atoms with Crippen molar-refractivity contribution in [1.82, 2.24) is 0 Å². The van der Waals surface area contributed by atoms with Gasteiger partial charge in [-0.15, -0.1) is 0 Å². The van der Waals surface area contributed by atoms with Crippen LogP contribution >= 0.6 is 0 Å². The van der Waals surface area contributed by atoms with E-state index in [4.69, 9.17) is 32.2 Å². The van der Waals surface area contributed by atoms with E-state index in [1.165, 1.54) is 0 Å². The summed E-state index contributed by atoms with van der Waals surface area (Å²) < 4.78 is 37.0. The van der Waals surface area contributed by atoms with Crippen molar-refractivity contribution in [2.45, 2.75) is 31.9 Å². The third-order valence-electron chi connectivity index (χ3n) is 3.89. The Bertz CT molecular complexity index is 330. The smallest absolute Gasteiger partial charge is 0.465 e. The zero-order chi connectivity index (χ0) is 19.1. The summed E-state index contributed by atoms with van der Waals surface area (Å²) in [4.78, 5) is 12.1. The summed E-state index contributed by atoms with van der Waals surface area (Å²) in [7, 11) is 5.30. The first kappa shape index (κ1) is 24.4. The molecule has 0 aliphatic heterocycles. The number of ether oxygens (including phenoxy) is 4. The Morgan fingerprint density at radius 2 is 1.60 bits per heavy atom. The average Bonchev–Trinajstić information content (AvgIpc) is 2.64. The molecule has 150 valence electrons. The van der Waals surface area contributed by atoms with Gasteiger partial charge < -0.3 is 32.2 Å². The highest BCUT2D eigenvalue weighted by Crippen LogP contribution is 2.16. The zero-order valence-electron chi connectivity index (χ0n) is 16.4. The van der Waals surface area contributed by atoms with E-state index in [0.29, 0.717) is 45.3 Å². The number of esters is 1. The van der Waals surface area contributed by atoms with Crippen molar-refractivity contribution >= 4 is 14.8 Å². The summed E-state index contributed by atoms with van der Waals surface area (Å²) in [6.07, 6.45) is 0.999. The normalized spacial score (nSPS) is 14.3. The van der Waals surface area contributed by atoms with Crippen molar-refractivity contribution in [2.75, 3.05) is 62.0 Å². The van der Waals surface area contributed by atoms with E-state index < -0.39 is 8.80 Å². The summed E-state index contributed by atoms with van der Waals surface area (Å²) in [5.74, 6) is -0.524. The Hall–Kier alpha value is -0.553. The van der Waals surface area contributed by atoms with Crippen LogP contribution in [0.4, 0.5) is 0 Å². The van der Waals surface area contributed by atoms with Crippen LogP contribution in [0.25, 0.3) is 0 Å². The number of hydrogen-bond acceptors (Lipinski definition) is 8. The van der Waals surface area contributed by atoms with Crippen molar-refractivity contribution in [2.24, 2.45) is 5.92 Å². The van der Waals surface area contributed by atoms with Gasteiger partial charge in [0.15, 0.2) is 0 Å². The molecule has 0 aromatic carbocycles. The molecule has 0 N–H and O–H groups in total. The van der Waals surface area contributed by atoms with E-state index in [0.717, 1.165) is 0 Å². The molecule has 0 aliphatic rings. The first-order chi connectivity index (χ1) is 12.0. The third kappa shape index (κ3) is 10.2. The number of carbonyl (C=O) groups excluding carboxylic acids is 1. The van der Waals surface area contributed by atoms with Gasteiger partial charge in [-0.3, -0.25) is 4.79 Å². The molecule has 8 nitrogen and oxygen atoms in total. The van der Waals surface area contributed by atoms with Crippen LogP contribution in [-0.4, -0.2) is 82.9 Å². The Labute approximate surface area is 152 Å². The molecule has 0 aliphatic carbocycles. The molecule has 0 heterocycles. The van der Waals surface area contributed by atoms with E-state index in [1.54, 1.807) is 35.5 Å². The number of rotatable bonds is 16. The molecule has 0 aromatic heterocycles. The maximum Gasteiger partial charge on any atom is 0.500 e. The molecule has 0 aromatic rings. The van der Waals surface area contributed by atoms with Crippen LogP contribution in [0.5, 0.6) is 0 Å². The summed E-state index contributed by atoms with van der Waals surface area (Å²) in [6, 6.07) is 0.589. The van der Waals surface area contributed by atoms with Gasteiger partial charge in [0, 0.05) is 41.6 Å². The fourth-order valence-corrected chi connectivity index (χ4v) is 3.93. The van der Waals surface area contributed by atoms with Gasteiger partial charge in [0.1, 0.15) is 0 Å². The fourth-order valence-electron chi connectivity index (χ4n) is 2.24. The quantitative estimate of drug-likeness (QED) is 0.226. The standard InChI is InChI=1S/C16H34O8Si/c1-14(12-15(19-3)13-23-10-9-18-2)16(17)24-8-7-11-25(20-4,21-5)22-6/h14-15H,7-13H2,1-6H3. The van der Waals surface area contributed by atoms with Crippen LogP contribution in [0.3, 0.4) is 0 Å². The minimum absolute atomic E-state index is 0.157. The summed E-state index contributed by atoms with van der Waals surface area (Å²) >= 11 is 0. The lowest BCUT2D eigenvalue weighted by Crippen LogP contribution is -2.42. The molecule has 0 saturated heterocycles. The molecule has 9 heteroatoms. The van der Waals surface area contributed by atoms with Gasteiger partial charge in [-0.2, -0.15) is 0 Å². The molecule has 0 bridgehead atoms. The van der Waals surface area contributed by atoms with Crippen LogP contribution in [0, 0.1) is 5.92 Å². The highest BCUT2D eigenvalue weighted by Gasteiger charge is 2.37. The molecule has 0 radical (unpaired) electrons. The monoisotopic (exact) mass is 382 g/mol. The second-order valence-corrected chi connectivity index (χ2v) is 8.72. The second kappa shape index (κ2) is 14.6. The van der Waals surface area contributed by atoms with Crippen LogP contribution in [-0.2, 0) is 37.0 Å². The number of methoxy groups -OCH3 is 2. The maximum atomic E-state index is 12.1. The molecule has 2 atom stereocenters. The zero-order valence-corrected chi connectivity index (χ0v) is 17.4. The molecule has 0 saturated carbocycles. The van der Waals surface area contributed by atoms with Gasteiger partial charge in [0.25, 0.3) is 0 Å². The summed E-state index contributed by atoms with van der Waals surface area (Å²) in [6.45, 7) is 3.57. The molecular weight excluding hydrogens is 348 g/mol. The lowest BCUT2D eigenvalue weighted by Gasteiger charge is -2.24. The minimum Gasteiger partial charge on any atom is -0.465 e. The van der Waals surface area contributed by atoms with E-state index in [1.807, 2.05) is 6.92 Å². The lowest BCUT2D eigenvalue weighted by atomic mass is 10.0. The molecular formula is C16H34O8Si. The van der Waals surface area contributed by atoms with Crippen molar-refractivity contribution < 1.29 is 37.0 Å². The Morgan fingerprint density at radius 3 is 2.12 bits per heavy atom. The van der Waals surface area contributed by atoms with Gasteiger partial charge in [0.2, 0.25) is 0 Å². The van der Waals surface area contributed by atoms with E-state index in [2.05, 4.69) is 0 Å². The van der Waals surface area contributed by atoms with Crippen molar-refractivity contribution in [3.8, 4) is 0 Å². The molecule has 0 rings (SSSR count). The van der Waals surface area contributed by atoms with E-state index in [-0.39, 0.29) is 18.0 Å². The molecule has 0 fully saturated rings. The Morgan fingerprint density at radius 1 is 0.960 bits per heavy atom. The minimum atomic E-state index is -2.61. The van der Waals surface area contributed by atoms with Crippen LogP contribution in [0.1, 0.15) is 19.8 Å². The summed E-state index contributed by atoms with van der Waals surface area (Å²) in [5, 5.41) is 0. The van der Waals surface area contributed by atoms with Crippen molar-refractivity contribution in [3.63, 3.8) is 0 Å². The first-order valence-electron chi connectivity index (χ1n) is 8.40. The largest absolute Gasteiger partial charge is 0.500 e. The van der Waals surface area contributed by atoms with E-state index in [9.17, 15) is 4.79 Å². The maximum absolute atomic E-state index is 12.1. The molecule has 25 heavy (non-hydrogen) atoms. The molecule has 0 spiro atoms. The third-order valence-corrected chi connectivity index (χ3v) is 6.72. The lowest BCUT2D eigenvalue weighted by molar-refractivity contribution is -0.149. The molecule has 2 unspecified atom stereocenters. The van der Waals surface area contributed by atoms with E-state index >= 15 is 0 Å². The SMILES string of the molecule is COCCOCC(CC(C)C(=O)OCCC[Si](OC)(OC)OC)OC. The fraction of sp³-hybridized carbons (Fsp3) is 0.938. The number of carbonyl (C=O) groups is 1. The van der Waals surface area contributed by atoms with Crippen LogP contribution in [0.2, 0.25) is 6.04 Å². The van der Waals surface area contributed by atoms with Crippen LogP contribution in [0.15, 0.2) is 0 Å². The highest BCUT2D eigenvalue weighted by molar-refractivity contribution is 6.60. The predicted octanol–water partition coefficient (Wildman–Crippen LogP) is 1.50. The van der Waals surface area contributed by atoms with Gasteiger partial charge in [-0.1, -0.05) is 6.92 Å². The Balaban J connectivity index is 4.07. The average molecular weight is 383 g/mol. The van der Waals surface area contributed by atoms with Gasteiger partial charge in [0.05, 0.1) is 38.4 Å². The van der Waals surface area contributed by atoms with Gasteiger partial charge >= 0.3 is 14.8 Å². The Kier molecular flexibility index (Phi) is 14.3. The van der Waals surface area contributed by atoms with Gasteiger partial charge in [-0.25, -0.2) is 0 Å². The summed E-state index contributed by atoms with van der Waals surface area (Å²) in [5.41, 5.74) is 0. The molecule has 0 amide bonds. The first-order valence-corrected chi connectivity index (χ1v) is 10.3. The predicted molar refractivity (Wildman–Crippen MR) is 94.4 cm³/mol. The topological polar surface area (TPSA) is 81.7 Å². The number of hydrogen-bond donors (Lipinski definition) is 0. The van der Waals surface area contributed by atoms with Crippen LogP contribution < -0.4 is 0 Å². The van der Waals surface area contributed by atoms with Crippen molar-refractivity contribution in [1.29, 1.82) is 0 Å². The highest BCUT2D eigenvalue weighted by atomic mass is 28.4. The van der Waals surface area contributed by atoms with Gasteiger partial charge in [-0.05, 0) is 12.8 Å².